The number of carbonyl (C=O) groups is 2. The van der Waals surface area contributed by atoms with E-state index in [1.54, 1.807) is 54.6 Å². The summed E-state index contributed by atoms with van der Waals surface area (Å²) in [5.74, 6) is -2.26. The lowest BCUT2D eigenvalue weighted by molar-refractivity contribution is -0.126. The van der Waals surface area contributed by atoms with E-state index in [4.69, 9.17) is 16.4 Å². The van der Waals surface area contributed by atoms with Gasteiger partial charge in [0.2, 0.25) is 5.91 Å². The minimum absolute atomic E-state index is 0.299. The molecule has 2 aliphatic heterocycles. The van der Waals surface area contributed by atoms with Crippen molar-refractivity contribution in [2.75, 3.05) is 9.96 Å². The molecule has 5 nitrogen and oxygen atoms in total. The Balaban J connectivity index is 1.60. The molecular weight excluding hydrogens is 407 g/mol. The van der Waals surface area contributed by atoms with E-state index in [2.05, 4.69) is 0 Å². The molecule has 0 spiro atoms. The minimum atomic E-state index is -1.04. The van der Waals surface area contributed by atoms with Crippen LogP contribution in [0.1, 0.15) is 11.6 Å². The molecule has 2 saturated heterocycles. The highest BCUT2D eigenvalue weighted by Gasteiger charge is 2.60. The molecule has 3 aromatic carbocycles. The number of halogens is 2. The largest absolute Gasteiger partial charge is 0.273 e. The molecule has 3 unspecified atom stereocenters. The Morgan fingerprint density at radius 2 is 1.47 bits per heavy atom. The molecule has 5 rings (SSSR count). The lowest BCUT2D eigenvalue weighted by Crippen LogP contribution is -2.37. The van der Waals surface area contributed by atoms with Gasteiger partial charge in [-0.15, -0.1) is 0 Å². The number of imide groups is 1. The number of nitrogens with zero attached hydrogens (tertiary/aromatic N) is 2. The number of fused-ring (bicyclic) bond motifs is 1. The summed E-state index contributed by atoms with van der Waals surface area (Å²) in [6.45, 7) is 0. The van der Waals surface area contributed by atoms with Gasteiger partial charge in [0.05, 0.1) is 17.4 Å². The highest BCUT2D eigenvalue weighted by Crippen LogP contribution is 2.48. The van der Waals surface area contributed by atoms with Crippen LogP contribution in [0.2, 0.25) is 5.02 Å². The molecule has 0 aliphatic carbocycles. The fraction of sp³-hybridized carbons (Fsp3) is 0.130. The first-order valence-corrected chi connectivity index (χ1v) is 9.83. The molecule has 0 aromatic heterocycles. The number of rotatable bonds is 3. The molecule has 7 heteroatoms. The van der Waals surface area contributed by atoms with Crippen LogP contribution in [0, 0.1) is 11.7 Å². The summed E-state index contributed by atoms with van der Waals surface area (Å²) < 4.78 is 14.8. The maximum Gasteiger partial charge on any atom is 0.266 e. The van der Waals surface area contributed by atoms with Crippen molar-refractivity contribution < 1.29 is 18.8 Å². The minimum Gasteiger partial charge on any atom is -0.273 e. The zero-order valence-electron chi connectivity index (χ0n) is 15.6. The molecule has 30 heavy (non-hydrogen) atoms. The lowest BCUT2D eigenvalue weighted by atomic mass is 9.90. The molecule has 2 amide bonds. The number of carbonyl (C=O) groups excluding carboxylic acids is 2. The Labute approximate surface area is 177 Å². The fourth-order valence-electron chi connectivity index (χ4n) is 4.09. The van der Waals surface area contributed by atoms with Crippen LogP contribution in [0.5, 0.6) is 0 Å². The van der Waals surface area contributed by atoms with Gasteiger partial charge in [0.15, 0.2) is 6.10 Å². The average molecular weight is 423 g/mol. The molecule has 0 saturated carbocycles. The van der Waals surface area contributed by atoms with E-state index in [9.17, 15) is 14.0 Å². The topological polar surface area (TPSA) is 49.9 Å². The maximum atomic E-state index is 14.8. The third-order valence-electron chi connectivity index (χ3n) is 5.43. The quantitative estimate of drug-likeness (QED) is 0.582. The van der Waals surface area contributed by atoms with Gasteiger partial charge >= 0.3 is 0 Å². The van der Waals surface area contributed by atoms with E-state index in [1.165, 1.54) is 11.1 Å². The summed E-state index contributed by atoms with van der Waals surface area (Å²) in [5, 5.41) is 1.97. The second-order valence-electron chi connectivity index (χ2n) is 7.17. The first-order chi connectivity index (χ1) is 14.6. The van der Waals surface area contributed by atoms with E-state index < -0.39 is 35.7 Å². The molecule has 2 aliphatic rings. The SMILES string of the molecule is O=C1C2ON(c3ccccc3)C(c3ccccc3F)C2C(=O)N1c1ccc(Cl)cc1. The van der Waals surface area contributed by atoms with Gasteiger partial charge in [-0.1, -0.05) is 48.0 Å². The fourth-order valence-corrected chi connectivity index (χ4v) is 4.21. The molecule has 0 bridgehead atoms. The van der Waals surface area contributed by atoms with E-state index in [0.29, 0.717) is 22.0 Å². The van der Waals surface area contributed by atoms with E-state index >= 15 is 0 Å². The highest BCUT2D eigenvalue weighted by molar-refractivity contribution is 6.31. The van der Waals surface area contributed by atoms with Gasteiger partial charge in [-0.05, 0) is 42.5 Å². The first-order valence-electron chi connectivity index (χ1n) is 9.45. The smallest absolute Gasteiger partial charge is 0.266 e. The van der Waals surface area contributed by atoms with Gasteiger partial charge in [0.1, 0.15) is 11.7 Å². The van der Waals surface area contributed by atoms with Crippen molar-refractivity contribution in [1.29, 1.82) is 0 Å². The Kier molecular flexibility index (Phi) is 4.53. The summed E-state index contributed by atoms with van der Waals surface area (Å²) in [7, 11) is 0. The summed E-state index contributed by atoms with van der Waals surface area (Å²) in [6, 6.07) is 20.9. The summed E-state index contributed by atoms with van der Waals surface area (Å²) in [5.41, 5.74) is 1.35. The van der Waals surface area contributed by atoms with Crippen molar-refractivity contribution >= 4 is 34.8 Å². The van der Waals surface area contributed by atoms with Crippen molar-refractivity contribution in [3.63, 3.8) is 0 Å². The van der Waals surface area contributed by atoms with Crippen molar-refractivity contribution in [2.24, 2.45) is 5.92 Å². The van der Waals surface area contributed by atoms with Crippen LogP contribution >= 0.6 is 11.6 Å². The van der Waals surface area contributed by atoms with Crippen LogP contribution in [-0.2, 0) is 14.4 Å². The number of amides is 2. The Morgan fingerprint density at radius 1 is 0.800 bits per heavy atom. The number of hydrogen-bond acceptors (Lipinski definition) is 4. The van der Waals surface area contributed by atoms with Gasteiger partial charge < -0.3 is 0 Å². The van der Waals surface area contributed by atoms with Crippen LogP contribution in [0.15, 0.2) is 78.9 Å². The van der Waals surface area contributed by atoms with Gasteiger partial charge in [0, 0.05) is 10.6 Å². The van der Waals surface area contributed by atoms with Gasteiger partial charge in [-0.3, -0.25) is 14.4 Å². The Morgan fingerprint density at radius 3 is 2.17 bits per heavy atom. The van der Waals surface area contributed by atoms with E-state index in [0.717, 1.165) is 4.90 Å². The van der Waals surface area contributed by atoms with Gasteiger partial charge in [0.25, 0.3) is 5.91 Å². The summed E-state index contributed by atoms with van der Waals surface area (Å²) in [6.07, 6.45) is -1.04. The third-order valence-corrected chi connectivity index (χ3v) is 5.69. The summed E-state index contributed by atoms with van der Waals surface area (Å²) in [4.78, 5) is 33.6. The normalized spacial score (nSPS) is 23.2. The molecular formula is C23H16ClFN2O3. The first kappa shape index (κ1) is 18.8. The second-order valence-corrected chi connectivity index (χ2v) is 7.60. The van der Waals surface area contributed by atoms with Crippen molar-refractivity contribution in [3.05, 3.63) is 95.3 Å². The molecule has 2 fully saturated rings. The molecule has 3 aromatic rings. The highest BCUT2D eigenvalue weighted by atomic mass is 35.5. The van der Waals surface area contributed by atoms with Crippen LogP contribution in [0.25, 0.3) is 0 Å². The molecule has 0 radical (unpaired) electrons. The monoisotopic (exact) mass is 422 g/mol. The number of benzene rings is 3. The van der Waals surface area contributed by atoms with Crippen LogP contribution in [-0.4, -0.2) is 17.9 Å². The predicted octanol–water partition coefficient (Wildman–Crippen LogP) is 4.53. The third kappa shape index (κ3) is 2.88. The zero-order chi connectivity index (χ0) is 20.8. The standard InChI is InChI=1S/C23H16ClFN2O3/c24-14-10-12-15(13-11-14)26-22(28)19-20(17-8-4-5-9-18(17)25)27(30-21(19)23(26)29)16-6-2-1-3-7-16/h1-13,19-21H. The Bertz CT molecular complexity index is 1120. The molecule has 3 atom stereocenters. The zero-order valence-corrected chi connectivity index (χ0v) is 16.4. The molecule has 150 valence electrons. The van der Waals surface area contributed by atoms with E-state index in [1.807, 2.05) is 18.2 Å². The van der Waals surface area contributed by atoms with Crippen molar-refractivity contribution in [3.8, 4) is 0 Å². The van der Waals surface area contributed by atoms with Crippen LogP contribution in [0.3, 0.4) is 0 Å². The van der Waals surface area contributed by atoms with Crippen molar-refractivity contribution in [1.82, 2.24) is 0 Å². The van der Waals surface area contributed by atoms with E-state index in [-0.39, 0.29) is 0 Å². The molecule has 0 N–H and O–H groups in total. The number of anilines is 2. The summed E-state index contributed by atoms with van der Waals surface area (Å²) >= 11 is 5.93. The van der Waals surface area contributed by atoms with Crippen LogP contribution in [0.4, 0.5) is 15.8 Å². The van der Waals surface area contributed by atoms with Crippen molar-refractivity contribution in [2.45, 2.75) is 12.1 Å². The number of para-hydroxylation sites is 1. The second kappa shape index (κ2) is 7.23. The number of hydrogen-bond donors (Lipinski definition) is 0. The number of hydroxylamine groups is 1. The maximum absolute atomic E-state index is 14.8. The Hall–Kier alpha value is -3.22. The lowest BCUT2D eigenvalue weighted by Gasteiger charge is -2.29. The average Bonchev–Trinajstić information content (AvgIpc) is 3.26. The van der Waals surface area contributed by atoms with Gasteiger partial charge in [-0.25, -0.2) is 14.4 Å². The molecule has 2 heterocycles. The van der Waals surface area contributed by atoms with Crippen LogP contribution < -0.4 is 9.96 Å². The predicted molar refractivity (Wildman–Crippen MR) is 110 cm³/mol. The van der Waals surface area contributed by atoms with Gasteiger partial charge in [-0.2, -0.15) is 0 Å².